The predicted octanol–water partition coefficient (Wildman–Crippen LogP) is 1.84. The van der Waals surface area contributed by atoms with Crippen LogP contribution in [0.3, 0.4) is 0 Å². The monoisotopic (exact) mass is 241 g/mol. The van der Waals surface area contributed by atoms with Gasteiger partial charge in [0, 0.05) is 12.1 Å². The minimum Gasteiger partial charge on any atom is -0.317 e. The van der Waals surface area contributed by atoms with Gasteiger partial charge >= 0.3 is 0 Å². The minimum atomic E-state index is 0.629. The molecule has 0 aromatic heterocycles. The summed E-state index contributed by atoms with van der Waals surface area (Å²) >= 11 is 0. The van der Waals surface area contributed by atoms with Crippen LogP contribution < -0.4 is 10.6 Å². The van der Waals surface area contributed by atoms with E-state index in [0.717, 1.165) is 6.04 Å². The van der Waals surface area contributed by atoms with E-state index < -0.39 is 0 Å². The van der Waals surface area contributed by atoms with Crippen molar-refractivity contribution in [3.8, 4) is 0 Å². The molecular formula is C14H31N3. The number of hydrogen-bond acceptors (Lipinski definition) is 3. The van der Waals surface area contributed by atoms with Crippen LogP contribution in [0.2, 0.25) is 0 Å². The van der Waals surface area contributed by atoms with Gasteiger partial charge in [-0.3, -0.25) is 0 Å². The van der Waals surface area contributed by atoms with Crippen LogP contribution in [0.4, 0.5) is 0 Å². The van der Waals surface area contributed by atoms with Gasteiger partial charge in [0.2, 0.25) is 0 Å². The molecule has 0 unspecified atom stereocenters. The number of likely N-dealkylation sites (tertiary alicyclic amines) is 1. The Morgan fingerprint density at radius 1 is 1.18 bits per heavy atom. The van der Waals surface area contributed by atoms with Crippen molar-refractivity contribution in [1.82, 2.24) is 15.5 Å². The van der Waals surface area contributed by atoms with Crippen LogP contribution in [0.1, 0.15) is 46.5 Å². The zero-order valence-corrected chi connectivity index (χ0v) is 12.0. The fourth-order valence-electron chi connectivity index (χ4n) is 2.52. The summed E-state index contributed by atoms with van der Waals surface area (Å²) < 4.78 is 0. The molecule has 1 aliphatic rings. The summed E-state index contributed by atoms with van der Waals surface area (Å²) in [4.78, 5) is 2.62. The van der Waals surface area contributed by atoms with Crippen molar-refractivity contribution in [2.75, 3.05) is 32.7 Å². The molecule has 2 N–H and O–H groups in total. The lowest BCUT2D eigenvalue weighted by molar-refractivity contribution is 0.191. The average molecular weight is 241 g/mol. The zero-order valence-electron chi connectivity index (χ0n) is 12.0. The Hall–Kier alpha value is -0.120. The Morgan fingerprint density at radius 2 is 1.88 bits per heavy atom. The van der Waals surface area contributed by atoms with E-state index in [1.807, 2.05) is 0 Å². The summed E-state index contributed by atoms with van der Waals surface area (Å²) in [5.74, 6) is 0. The Morgan fingerprint density at radius 3 is 2.47 bits per heavy atom. The fourth-order valence-corrected chi connectivity index (χ4v) is 2.52. The van der Waals surface area contributed by atoms with Crippen LogP contribution in [0.5, 0.6) is 0 Å². The third-order valence-corrected chi connectivity index (χ3v) is 3.41. The maximum Gasteiger partial charge on any atom is 0.00937 e. The van der Waals surface area contributed by atoms with Gasteiger partial charge in [-0.25, -0.2) is 0 Å². The summed E-state index contributed by atoms with van der Waals surface area (Å²) in [5.41, 5.74) is 0. The van der Waals surface area contributed by atoms with Crippen molar-refractivity contribution in [2.24, 2.45) is 0 Å². The Bertz CT molecular complexity index is 174. The van der Waals surface area contributed by atoms with Gasteiger partial charge in [0.05, 0.1) is 0 Å². The van der Waals surface area contributed by atoms with Gasteiger partial charge in [0.1, 0.15) is 0 Å². The highest BCUT2D eigenvalue weighted by molar-refractivity contribution is 4.78. The van der Waals surface area contributed by atoms with E-state index >= 15 is 0 Å². The third kappa shape index (κ3) is 7.02. The molecule has 0 aromatic carbocycles. The van der Waals surface area contributed by atoms with E-state index in [0.29, 0.717) is 6.04 Å². The van der Waals surface area contributed by atoms with Crippen molar-refractivity contribution in [2.45, 2.75) is 58.5 Å². The second-order valence-corrected chi connectivity index (χ2v) is 5.54. The van der Waals surface area contributed by atoms with Gasteiger partial charge in [0.25, 0.3) is 0 Å². The summed E-state index contributed by atoms with van der Waals surface area (Å²) in [6.45, 7) is 12.9. The highest BCUT2D eigenvalue weighted by Gasteiger charge is 2.18. The molecule has 0 saturated carbocycles. The summed E-state index contributed by atoms with van der Waals surface area (Å²) in [5, 5.41) is 7.12. The molecule has 0 aromatic rings. The molecule has 3 nitrogen and oxygen atoms in total. The molecule has 1 fully saturated rings. The largest absolute Gasteiger partial charge is 0.317 e. The van der Waals surface area contributed by atoms with Gasteiger partial charge in [0.15, 0.2) is 0 Å². The molecule has 102 valence electrons. The van der Waals surface area contributed by atoms with Crippen molar-refractivity contribution in [3.63, 3.8) is 0 Å². The van der Waals surface area contributed by atoms with Crippen LogP contribution >= 0.6 is 0 Å². The highest BCUT2D eigenvalue weighted by Crippen LogP contribution is 2.10. The number of hydrogen-bond donors (Lipinski definition) is 2. The van der Waals surface area contributed by atoms with Crippen LogP contribution in [-0.4, -0.2) is 49.7 Å². The van der Waals surface area contributed by atoms with E-state index in [2.05, 4.69) is 36.3 Å². The van der Waals surface area contributed by atoms with Gasteiger partial charge in [-0.2, -0.15) is 0 Å². The molecule has 0 aliphatic carbocycles. The Labute approximate surface area is 107 Å². The van der Waals surface area contributed by atoms with E-state index in [-0.39, 0.29) is 0 Å². The highest BCUT2D eigenvalue weighted by atomic mass is 15.1. The molecule has 3 heteroatoms. The van der Waals surface area contributed by atoms with E-state index in [1.54, 1.807) is 0 Å². The first-order valence-electron chi connectivity index (χ1n) is 7.41. The molecule has 1 aliphatic heterocycles. The molecule has 0 spiro atoms. The number of rotatable bonds is 8. The SMILES string of the molecule is CCCNCCCN1CCC(NC(C)C)CC1. The lowest BCUT2D eigenvalue weighted by Gasteiger charge is -2.33. The molecule has 1 saturated heterocycles. The number of nitrogens with one attached hydrogen (secondary N) is 2. The van der Waals surface area contributed by atoms with Gasteiger partial charge in [-0.1, -0.05) is 20.8 Å². The zero-order chi connectivity index (χ0) is 12.5. The molecule has 1 heterocycles. The third-order valence-electron chi connectivity index (χ3n) is 3.41. The van der Waals surface area contributed by atoms with Gasteiger partial charge < -0.3 is 15.5 Å². The topological polar surface area (TPSA) is 27.3 Å². The summed E-state index contributed by atoms with van der Waals surface area (Å²) in [7, 11) is 0. The average Bonchev–Trinajstić information content (AvgIpc) is 2.30. The van der Waals surface area contributed by atoms with Crippen molar-refractivity contribution >= 4 is 0 Å². The van der Waals surface area contributed by atoms with Crippen LogP contribution in [-0.2, 0) is 0 Å². The van der Waals surface area contributed by atoms with Crippen molar-refractivity contribution in [1.29, 1.82) is 0 Å². The first kappa shape index (κ1) is 14.9. The van der Waals surface area contributed by atoms with E-state index in [4.69, 9.17) is 0 Å². The predicted molar refractivity (Wildman–Crippen MR) is 75.5 cm³/mol. The lowest BCUT2D eigenvalue weighted by Crippen LogP contribution is -2.45. The van der Waals surface area contributed by atoms with Gasteiger partial charge in [-0.05, 0) is 58.4 Å². The Kier molecular flexibility index (Phi) is 7.82. The standard InChI is InChI=1S/C14H31N3/c1-4-8-15-9-5-10-17-11-6-14(7-12-17)16-13(2)3/h13-16H,4-12H2,1-3H3. The van der Waals surface area contributed by atoms with E-state index in [9.17, 15) is 0 Å². The first-order valence-corrected chi connectivity index (χ1v) is 7.41. The molecular weight excluding hydrogens is 210 g/mol. The summed E-state index contributed by atoms with van der Waals surface area (Å²) in [6.07, 6.45) is 5.18. The maximum atomic E-state index is 3.65. The normalized spacial score (nSPS) is 19.1. The summed E-state index contributed by atoms with van der Waals surface area (Å²) in [6, 6.07) is 1.38. The Balaban J connectivity index is 1.99. The van der Waals surface area contributed by atoms with Crippen molar-refractivity contribution in [3.05, 3.63) is 0 Å². The molecule has 0 amide bonds. The molecule has 0 radical (unpaired) electrons. The number of nitrogens with zero attached hydrogens (tertiary/aromatic N) is 1. The number of piperidine rings is 1. The smallest absolute Gasteiger partial charge is 0.00937 e. The van der Waals surface area contributed by atoms with Crippen LogP contribution in [0.25, 0.3) is 0 Å². The van der Waals surface area contributed by atoms with Crippen molar-refractivity contribution < 1.29 is 0 Å². The van der Waals surface area contributed by atoms with Gasteiger partial charge in [-0.15, -0.1) is 0 Å². The van der Waals surface area contributed by atoms with E-state index in [1.165, 1.54) is 58.4 Å². The second kappa shape index (κ2) is 8.90. The minimum absolute atomic E-state index is 0.629. The molecule has 0 atom stereocenters. The molecule has 1 rings (SSSR count). The quantitative estimate of drug-likeness (QED) is 0.635. The lowest BCUT2D eigenvalue weighted by atomic mass is 10.0. The second-order valence-electron chi connectivity index (χ2n) is 5.54. The molecule has 0 bridgehead atoms. The first-order chi connectivity index (χ1) is 8.22. The maximum absolute atomic E-state index is 3.65. The van der Waals surface area contributed by atoms with Crippen LogP contribution in [0, 0.1) is 0 Å². The molecule has 17 heavy (non-hydrogen) atoms. The fraction of sp³-hybridized carbons (Fsp3) is 1.00. The van der Waals surface area contributed by atoms with Crippen LogP contribution in [0.15, 0.2) is 0 Å².